The second-order valence-electron chi connectivity index (χ2n) is 7.50. The number of allylic oxidation sites excluding steroid dienone is 2. The number of benzene rings is 2. The summed E-state index contributed by atoms with van der Waals surface area (Å²) in [5.41, 5.74) is 6.07. The fraction of sp³-hybridized carbons (Fsp3) is 0.348. The Bertz CT molecular complexity index is 945. The third-order valence-corrected chi connectivity index (χ3v) is 5.63. The fourth-order valence-electron chi connectivity index (χ4n) is 4.22. The van der Waals surface area contributed by atoms with Crippen molar-refractivity contribution in [3.63, 3.8) is 0 Å². The van der Waals surface area contributed by atoms with Gasteiger partial charge in [0.05, 0.1) is 14.2 Å². The predicted molar refractivity (Wildman–Crippen MR) is 112 cm³/mol. The van der Waals surface area contributed by atoms with Crippen LogP contribution >= 0.6 is 0 Å². The first-order valence-electron chi connectivity index (χ1n) is 9.60. The monoisotopic (exact) mass is 378 g/mol. The van der Waals surface area contributed by atoms with Crippen molar-refractivity contribution in [3.8, 4) is 11.5 Å². The summed E-state index contributed by atoms with van der Waals surface area (Å²) in [4.78, 5) is 15.0. The van der Waals surface area contributed by atoms with Crippen LogP contribution in [0.25, 0.3) is 0 Å². The van der Waals surface area contributed by atoms with Gasteiger partial charge in [-0.3, -0.25) is 4.79 Å². The zero-order valence-electron chi connectivity index (χ0n) is 16.8. The summed E-state index contributed by atoms with van der Waals surface area (Å²) in [6, 6.07) is 12.3. The van der Waals surface area contributed by atoms with Gasteiger partial charge in [-0.15, -0.1) is 0 Å². The number of Topliss-reactive ketones (excluding diaryl/α,β-unsaturated/α-hetero) is 1. The summed E-state index contributed by atoms with van der Waals surface area (Å²) < 4.78 is 11.2. The van der Waals surface area contributed by atoms with Crippen LogP contribution in [0.15, 0.2) is 47.7 Å². The highest BCUT2D eigenvalue weighted by atomic mass is 16.5. The highest BCUT2D eigenvalue weighted by Gasteiger charge is 2.37. The highest BCUT2D eigenvalue weighted by molar-refractivity contribution is 6.01. The largest absolute Gasteiger partial charge is 0.497 e. The molecule has 0 spiro atoms. The molecule has 0 saturated carbocycles. The van der Waals surface area contributed by atoms with Crippen molar-refractivity contribution in [2.45, 2.75) is 25.2 Å². The maximum Gasteiger partial charge on any atom is 0.161 e. The number of ether oxygens (including phenoxy) is 2. The Hall–Kier alpha value is -2.95. The van der Waals surface area contributed by atoms with E-state index in [1.54, 1.807) is 14.2 Å². The number of hydrogen-bond acceptors (Lipinski definition) is 5. The third-order valence-electron chi connectivity index (χ3n) is 5.63. The molecule has 2 aliphatic rings. The van der Waals surface area contributed by atoms with Gasteiger partial charge < -0.3 is 19.7 Å². The van der Waals surface area contributed by atoms with Gasteiger partial charge in [0, 0.05) is 66.8 Å². The Morgan fingerprint density at radius 3 is 2.43 bits per heavy atom. The number of methoxy groups -OCH3 is 2. The van der Waals surface area contributed by atoms with Crippen LogP contribution in [0.1, 0.15) is 36.3 Å². The van der Waals surface area contributed by atoms with Gasteiger partial charge in [-0.25, -0.2) is 0 Å². The van der Waals surface area contributed by atoms with Crippen molar-refractivity contribution in [2.24, 2.45) is 0 Å². The molecule has 5 heteroatoms. The van der Waals surface area contributed by atoms with E-state index in [1.807, 2.05) is 26.2 Å². The first-order valence-corrected chi connectivity index (χ1v) is 9.60. The van der Waals surface area contributed by atoms with E-state index in [2.05, 4.69) is 34.5 Å². The summed E-state index contributed by atoms with van der Waals surface area (Å²) in [5, 5.41) is 3.50. The van der Waals surface area contributed by atoms with Crippen LogP contribution in [0.5, 0.6) is 11.5 Å². The number of carbonyl (C=O) groups excluding carboxylic acids is 1. The second-order valence-corrected chi connectivity index (χ2v) is 7.50. The Kier molecular flexibility index (Phi) is 4.75. The van der Waals surface area contributed by atoms with E-state index < -0.39 is 0 Å². The molecule has 1 heterocycles. The van der Waals surface area contributed by atoms with Crippen molar-refractivity contribution >= 4 is 17.2 Å². The van der Waals surface area contributed by atoms with E-state index >= 15 is 0 Å². The van der Waals surface area contributed by atoms with Gasteiger partial charge in [0.15, 0.2) is 5.78 Å². The Balaban J connectivity index is 1.93. The number of nitrogens with zero attached hydrogens (tertiary/aromatic N) is 1. The Morgan fingerprint density at radius 2 is 1.79 bits per heavy atom. The Morgan fingerprint density at radius 1 is 1.04 bits per heavy atom. The molecule has 1 atom stereocenters. The molecule has 0 bridgehead atoms. The van der Waals surface area contributed by atoms with Crippen molar-refractivity contribution in [3.05, 3.63) is 58.8 Å². The van der Waals surface area contributed by atoms with Gasteiger partial charge in [0.2, 0.25) is 0 Å². The van der Waals surface area contributed by atoms with Gasteiger partial charge in [-0.2, -0.15) is 0 Å². The van der Waals surface area contributed by atoms with Crippen LogP contribution in [-0.4, -0.2) is 34.1 Å². The zero-order valence-corrected chi connectivity index (χ0v) is 16.8. The number of anilines is 2. The number of fused-ring (bicyclic) bond motifs is 1. The molecule has 146 valence electrons. The fourth-order valence-corrected chi connectivity index (χ4v) is 4.22. The number of rotatable bonds is 4. The molecule has 28 heavy (non-hydrogen) atoms. The second kappa shape index (κ2) is 7.23. The topological polar surface area (TPSA) is 50.8 Å². The summed E-state index contributed by atoms with van der Waals surface area (Å²) in [6.45, 7) is 0. The quantitative estimate of drug-likeness (QED) is 0.858. The van der Waals surface area contributed by atoms with Gasteiger partial charge in [-0.05, 0) is 30.5 Å². The molecule has 5 nitrogen and oxygen atoms in total. The normalized spacial score (nSPS) is 18.1. The molecule has 0 amide bonds. The lowest BCUT2D eigenvalue weighted by Crippen LogP contribution is -2.27. The van der Waals surface area contributed by atoms with E-state index in [9.17, 15) is 4.79 Å². The number of carbonyl (C=O) groups is 1. The maximum atomic E-state index is 12.9. The van der Waals surface area contributed by atoms with Crippen LogP contribution in [-0.2, 0) is 4.79 Å². The third kappa shape index (κ3) is 3.01. The minimum Gasteiger partial charge on any atom is -0.497 e. The van der Waals surface area contributed by atoms with Crippen LogP contribution in [0.2, 0.25) is 0 Å². The van der Waals surface area contributed by atoms with Crippen molar-refractivity contribution < 1.29 is 14.3 Å². The van der Waals surface area contributed by atoms with Crippen LogP contribution < -0.4 is 19.7 Å². The van der Waals surface area contributed by atoms with E-state index in [0.29, 0.717) is 6.42 Å². The van der Waals surface area contributed by atoms with E-state index in [-0.39, 0.29) is 11.7 Å². The maximum absolute atomic E-state index is 12.9. The smallest absolute Gasteiger partial charge is 0.161 e. The molecule has 0 radical (unpaired) electrons. The van der Waals surface area contributed by atoms with Crippen molar-refractivity contribution in [1.82, 2.24) is 0 Å². The molecular weight excluding hydrogens is 352 g/mol. The van der Waals surface area contributed by atoms with Crippen molar-refractivity contribution in [2.75, 3.05) is 38.5 Å². The lowest BCUT2D eigenvalue weighted by atomic mass is 9.75. The van der Waals surface area contributed by atoms with Gasteiger partial charge in [0.1, 0.15) is 11.5 Å². The summed E-state index contributed by atoms with van der Waals surface area (Å²) in [5.74, 6) is 1.54. The molecule has 0 saturated heterocycles. The first-order chi connectivity index (χ1) is 13.5. The molecular formula is C23H26N2O3. The molecule has 1 N–H and O–H groups in total. The molecule has 1 aliphatic heterocycles. The molecule has 0 fully saturated rings. The Labute approximate surface area is 165 Å². The van der Waals surface area contributed by atoms with Crippen LogP contribution in [0.3, 0.4) is 0 Å². The van der Waals surface area contributed by atoms with Gasteiger partial charge in [-0.1, -0.05) is 12.1 Å². The molecule has 2 aromatic carbocycles. The summed E-state index contributed by atoms with van der Waals surface area (Å²) >= 11 is 0. The molecule has 1 unspecified atom stereocenters. The minimum absolute atomic E-state index is 0.142. The molecule has 1 aliphatic carbocycles. The lowest BCUT2D eigenvalue weighted by Gasteiger charge is -2.35. The van der Waals surface area contributed by atoms with Gasteiger partial charge >= 0.3 is 0 Å². The average Bonchev–Trinajstić information content (AvgIpc) is 2.71. The first kappa shape index (κ1) is 18.4. The van der Waals surface area contributed by atoms with E-state index in [1.165, 1.54) is 0 Å². The van der Waals surface area contributed by atoms with Crippen LogP contribution in [0.4, 0.5) is 11.4 Å². The van der Waals surface area contributed by atoms with Crippen LogP contribution in [0, 0.1) is 0 Å². The van der Waals surface area contributed by atoms with E-state index in [4.69, 9.17) is 9.47 Å². The number of nitrogens with one attached hydrogen (secondary N) is 1. The minimum atomic E-state index is -0.142. The lowest BCUT2D eigenvalue weighted by molar-refractivity contribution is -0.116. The molecule has 0 aromatic heterocycles. The predicted octanol–water partition coefficient (Wildman–Crippen LogP) is 4.33. The summed E-state index contributed by atoms with van der Waals surface area (Å²) in [6.07, 6.45) is 2.36. The standard InChI is InChI=1S/C23H26N2O3/c1-25(2)15-10-8-14(9-11-15)21-22-17(6-5-7-19(22)26)24-18-12-16(27-3)13-20(28-4)23(18)21/h8-13,21,24H,5-7H2,1-4H3. The summed E-state index contributed by atoms with van der Waals surface area (Å²) in [7, 11) is 7.36. The molecule has 4 rings (SSSR count). The zero-order chi connectivity index (χ0) is 19.8. The van der Waals surface area contributed by atoms with E-state index in [0.717, 1.165) is 58.1 Å². The highest BCUT2D eigenvalue weighted by Crippen LogP contribution is 2.50. The van der Waals surface area contributed by atoms with Gasteiger partial charge in [0.25, 0.3) is 0 Å². The number of ketones is 1. The SMILES string of the molecule is COc1cc2c(c(OC)c1)C(c1ccc(N(C)C)cc1)C1=C(CCCC1=O)N2. The molecule has 2 aromatic rings. The average molecular weight is 378 g/mol. The van der Waals surface area contributed by atoms with Crippen molar-refractivity contribution in [1.29, 1.82) is 0 Å². The number of hydrogen-bond donors (Lipinski definition) is 1.